The van der Waals surface area contributed by atoms with Crippen molar-refractivity contribution in [3.05, 3.63) is 52.7 Å². The van der Waals surface area contributed by atoms with Crippen LogP contribution in [0.15, 0.2) is 47.8 Å². The van der Waals surface area contributed by atoms with E-state index in [1.54, 1.807) is 11.3 Å². The monoisotopic (exact) mass is 330 g/mol. The van der Waals surface area contributed by atoms with Gasteiger partial charge >= 0.3 is 0 Å². The molecule has 1 aromatic heterocycles. The highest BCUT2D eigenvalue weighted by Gasteiger charge is 2.22. The van der Waals surface area contributed by atoms with E-state index >= 15 is 0 Å². The molecule has 2 aromatic rings. The molecule has 0 amide bonds. The Hall–Kier alpha value is -1.36. The molecule has 1 fully saturated rings. The second kappa shape index (κ2) is 7.95. The number of hydrogen-bond acceptors (Lipinski definition) is 4. The highest BCUT2D eigenvalue weighted by atomic mass is 32.1. The molecule has 3 nitrogen and oxygen atoms in total. The van der Waals surface area contributed by atoms with E-state index in [9.17, 15) is 5.11 Å². The maximum atomic E-state index is 10.3. The van der Waals surface area contributed by atoms with E-state index in [-0.39, 0.29) is 6.10 Å². The van der Waals surface area contributed by atoms with Gasteiger partial charge in [-0.25, -0.2) is 0 Å². The summed E-state index contributed by atoms with van der Waals surface area (Å²) in [5, 5.41) is 16.0. The molecule has 124 valence electrons. The summed E-state index contributed by atoms with van der Waals surface area (Å²) >= 11 is 1.63. The standard InChI is InChI=1S/C19H26N2OS/c1-15(14-18(22)19-8-5-13-23-19)20-16-9-11-21(12-10-16)17-6-3-2-4-7-17/h2-8,13,15-16,18,20,22H,9-12,14H2,1H3. The molecule has 3 rings (SSSR count). The molecule has 0 bridgehead atoms. The van der Waals surface area contributed by atoms with Crippen LogP contribution in [0.4, 0.5) is 5.69 Å². The summed E-state index contributed by atoms with van der Waals surface area (Å²) in [6.07, 6.45) is 2.75. The number of aliphatic hydroxyl groups excluding tert-OH is 1. The lowest BCUT2D eigenvalue weighted by Gasteiger charge is -2.35. The van der Waals surface area contributed by atoms with E-state index in [2.05, 4.69) is 47.5 Å². The van der Waals surface area contributed by atoms with Crippen LogP contribution in [0.1, 0.15) is 37.2 Å². The number of benzene rings is 1. The molecule has 0 aliphatic carbocycles. The number of thiophene rings is 1. The Balaban J connectivity index is 1.43. The molecular weight excluding hydrogens is 304 g/mol. The molecule has 1 saturated heterocycles. The van der Waals surface area contributed by atoms with E-state index in [0.717, 1.165) is 37.2 Å². The summed E-state index contributed by atoms with van der Waals surface area (Å²) in [6.45, 7) is 4.38. The second-order valence-corrected chi connectivity index (χ2v) is 7.41. The number of rotatable bonds is 6. The van der Waals surface area contributed by atoms with Crippen LogP contribution in [0.5, 0.6) is 0 Å². The van der Waals surface area contributed by atoms with Gasteiger partial charge in [0.25, 0.3) is 0 Å². The Kier molecular flexibility index (Phi) is 5.70. The van der Waals surface area contributed by atoms with Gasteiger partial charge in [0.15, 0.2) is 0 Å². The maximum absolute atomic E-state index is 10.3. The zero-order valence-corrected chi connectivity index (χ0v) is 14.5. The Morgan fingerprint density at radius 3 is 2.57 bits per heavy atom. The molecule has 0 radical (unpaired) electrons. The summed E-state index contributed by atoms with van der Waals surface area (Å²) in [5.74, 6) is 0. The van der Waals surface area contributed by atoms with E-state index < -0.39 is 0 Å². The summed E-state index contributed by atoms with van der Waals surface area (Å²) in [4.78, 5) is 3.53. The van der Waals surface area contributed by atoms with Gasteiger partial charge in [0.1, 0.15) is 0 Å². The van der Waals surface area contributed by atoms with Crippen molar-refractivity contribution >= 4 is 17.0 Å². The fourth-order valence-electron chi connectivity index (χ4n) is 3.35. The van der Waals surface area contributed by atoms with Gasteiger partial charge in [0.2, 0.25) is 0 Å². The van der Waals surface area contributed by atoms with Gasteiger partial charge in [-0.3, -0.25) is 0 Å². The van der Waals surface area contributed by atoms with Gasteiger partial charge in [-0.2, -0.15) is 0 Å². The molecule has 2 unspecified atom stereocenters. The molecule has 2 atom stereocenters. The third kappa shape index (κ3) is 4.56. The third-order valence-electron chi connectivity index (χ3n) is 4.58. The first-order valence-electron chi connectivity index (χ1n) is 8.50. The van der Waals surface area contributed by atoms with Gasteiger partial charge in [-0.05, 0) is 49.8 Å². The van der Waals surface area contributed by atoms with E-state index in [1.165, 1.54) is 5.69 Å². The fraction of sp³-hybridized carbons (Fsp3) is 0.474. The number of nitrogens with zero attached hydrogens (tertiary/aromatic N) is 1. The van der Waals surface area contributed by atoms with Crippen LogP contribution in [0.3, 0.4) is 0 Å². The fourth-order valence-corrected chi connectivity index (χ4v) is 4.07. The van der Waals surface area contributed by atoms with Crippen molar-refractivity contribution in [2.24, 2.45) is 0 Å². The smallest absolute Gasteiger partial charge is 0.0896 e. The van der Waals surface area contributed by atoms with Gasteiger partial charge in [-0.1, -0.05) is 24.3 Å². The number of nitrogens with one attached hydrogen (secondary N) is 1. The molecule has 1 aromatic carbocycles. The Morgan fingerprint density at radius 1 is 1.17 bits per heavy atom. The van der Waals surface area contributed by atoms with Crippen LogP contribution in [0.25, 0.3) is 0 Å². The molecule has 2 N–H and O–H groups in total. The minimum atomic E-state index is -0.345. The van der Waals surface area contributed by atoms with Crippen molar-refractivity contribution in [3.63, 3.8) is 0 Å². The minimum absolute atomic E-state index is 0.334. The van der Waals surface area contributed by atoms with Crippen molar-refractivity contribution < 1.29 is 5.11 Å². The molecule has 1 aliphatic heterocycles. The number of piperidine rings is 1. The highest BCUT2D eigenvalue weighted by Crippen LogP contribution is 2.24. The average Bonchev–Trinajstić information content (AvgIpc) is 3.11. The van der Waals surface area contributed by atoms with Crippen molar-refractivity contribution in [1.29, 1.82) is 0 Å². The molecule has 1 aliphatic rings. The number of hydrogen-bond donors (Lipinski definition) is 2. The normalized spacial score (nSPS) is 18.8. The summed E-state index contributed by atoms with van der Waals surface area (Å²) < 4.78 is 0. The second-order valence-electron chi connectivity index (χ2n) is 6.43. The van der Waals surface area contributed by atoms with Gasteiger partial charge in [0.05, 0.1) is 6.10 Å². The number of anilines is 1. The molecule has 2 heterocycles. The quantitative estimate of drug-likeness (QED) is 0.845. The Labute approximate surface area is 143 Å². The molecule has 0 saturated carbocycles. The molecule has 23 heavy (non-hydrogen) atoms. The lowest BCUT2D eigenvalue weighted by molar-refractivity contribution is 0.153. The first-order valence-corrected chi connectivity index (χ1v) is 9.38. The Bertz CT molecular complexity index is 564. The van der Waals surface area contributed by atoms with Crippen LogP contribution in [0.2, 0.25) is 0 Å². The molecular formula is C19H26N2OS. The van der Waals surface area contributed by atoms with Crippen LogP contribution >= 0.6 is 11.3 Å². The predicted molar refractivity (Wildman–Crippen MR) is 98.2 cm³/mol. The van der Waals surface area contributed by atoms with Crippen LogP contribution in [-0.4, -0.2) is 30.3 Å². The lowest BCUT2D eigenvalue weighted by Crippen LogP contribution is -2.45. The lowest BCUT2D eigenvalue weighted by atomic mass is 10.0. The number of aliphatic hydroxyl groups is 1. The zero-order valence-electron chi connectivity index (χ0n) is 13.7. The topological polar surface area (TPSA) is 35.5 Å². The van der Waals surface area contributed by atoms with Crippen LogP contribution < -0.4 is 10.2 Å². The van der Waals surface area contributed by atoms with Crippen LogP contribution in [-0.2, 0) is 0 Å². The maximum Gasteiger partial charge on any atom is 0.0896 e. The van der Waals surface area contributed by atoms with Crippen molar-refractivity contribution in [2.75, 3.05) is 18.0 Å². The third-order valence-corrected chi connectivity index (χ3v) is 5.56. The summed E-state index contributed by atoms with van der Waals surface area (Å²) in [5.41, 5.74) is 1.33. The van der Waals surface area contributed by atoms with Gasteiger partial charge < -0.3 is 15.3 Å². The van der Waals surface area contributed by atoms with Crippen LogP contribution in [0, 0.1) is 0 Å². The largest absolute Gasteiger partial charge is 0.388 e. The van der Waals surface area contributed by atoms with Crippen molar-refractivity contribution in [2.45, 2.75) is 44.4 Å². The van der Waals surface area contributed by atoms with E-state index in [1.807, 2.05) is 17.5 Å². The van der Waals surface area contributed by atoms with Gasteiger partial charge in [-0.15, -0.1) is 11.3 Å². The first kappa shape index (κ1) is 16.5. The minimum Gasteiger partial charge on any atom is -0.388 e. The zero-order chi connectivity index (χ0) is 16.1. The SMILES string of the molecule is CC(CC(O)c1cccs1)NC1CCN(c2ccccc2)CC1. The predicted octanol–water partition coefficient (Wildman–Crippen LogP) is 3.82. The Morgan fingerprint density at radius 2 is 1.91 bits per heavy atom. The molecule has 4 heteroatoms. The summed E-state index contributed by atoms with van der Waals surface area (Å²) in [7, 11) is 0. The molecule has 0 spiro atoms. The van der Waals surface area contributed by atoms with E-state index in [4.69, 9.17) is 0 Å². The van der Waals surface area contributed by atoms with Gasteiger partial charge in [0, 0.05) is 35.7 Å². The van der Waals surface area contributed by atoms with Crippen molar-refractivity contribution in [1.82, 2.24) is 5.32 Å². The average molecular weight is 330 g/mol. The number of para-hydroxylation sites is 1. The first-order chi connectivity index (χ1) is 11.2. The summed E-state index contributed by atoms with van der Waals surface area (Å²) in [6, 6.07) is 15.6. The highest BCUT2D eigenvalue weighted by molar-refractivity contribution is 7.10. The van der Waals surface area contributed by atoms with Crippen molar-refractivity contribution in [3.8, 4) is 0 Å². The van der Waals surface area contributed by atoms with E-state index in [0.29, 0.717) is 12.1 Å².